The number of benzene rings is 1. The van der Waals surface area contributed by atoms with Crippen LogP contribution in [0.25, 0.3) is 0 Å². The molecule has 0 aromatic heterocycles. The quantitative estimate of drug-likeness (QED) is 0.179. The van der Waals surface area contributed by atoms with Gasteiger partial charge in [0, 0.05) is 32.2 Å². The highest BCUT2D eigenvalue weighted by Crippen LogP contribution is 2.14. The summed E-state index contributed by atoms with van der Waals surface area (Å²) in [5.41, 5.74) is 1.15. The predicted octanol–water partition coefficient (Wildman–Crippen LogP) is 3.98. The van der Waals surface area contributed by atoms with Crippen molar-refractivity contribution >= 4 is 29.9 Å². The van der Waals surface area contributed by atoms with Gasteiger partial charge >= 0.3 is 0 Å². The van der Waals surface area contributed by atoms with Crippen molar-refractivity contribution in [1.82, 2.24) is 10.6 Å². The Morgan fingerprint density at radius 3 is 2.86 bits per heavy atom. The van der Waals surface area contributed by atoms with Crippen LogP contribution in [0.4, 0.5) is 0 Å². The summed E-state index contributed by atoms with van der Waals surface area (Å²) in [4.78, 5) is 4.68. The van der Waals surface area contributed by atoms with Crippen LogP contribution >= 0.6 is 24.0 Å². The molecule has 2 rings (SSSR count). The van der Waals surface area contributed by atoms with Crippen LogP contribution in [0, 0.1) is 5.92 Å². The zero-order valence-corrected chi connectivity index (χ0v) is 20.3. The molecule has 1 atom stereocenters. The third kappa shape index (κ3) is 11.6. The fraction of sp³-hybridized carbons (Fsp3) is 0.682. The molecule has 0 aliphatic carbocycles. The van der Waals surface area contributed by atoms with Gasteiger partial charge in [0.15, 0.2) is 5.96 Å². The van der Waals surface area contributed by atoms with Gasteiger partial charge in [-0.2, -0.15) is 0 Å². The Morgan fingerprint density at radius 2 is 2.10 bits per heavy atom. The molecular weight excluding hydrogens is 481 g/mol. The minimum atomic E-state index is 0. The third-order valence-corrected chi connectivity index (χ3v) is 4.56. The van der Waals surface area contributed by atoms with Gasteiger partial charge in [-0.05, 0) is 43.9 Å². The van der Waals surface area contributed by atoms with Gasteiger partial charge in [0.05, 0.1) is 26.4 Å². The Labute approximate surface area is 193 Å². The molecule has 0 saturated carbocycles. The van der Waals surface area contributed by atoms with Gasteiger partial charge in [0.1, 0.15) is 5.75 Å². The summed E-state index contributed by atoms with van der Waals surface area (Å²) in [5, 5.41) is 6.67. The first-order valence-corrected chi connectivity index (χ1v) is 10.7. The normalized spacial score (nSPS) is 16.3. The first-order valence-electron chi connectivity index (χ1n) is 10.7. The highest BCUT2D eigenvalue weighted by atomic mass is 127. The summed E-state index contributed by atoms with van der Waals surface area (Å²) in [6.07, 6.45) is 4.30. The van der Waals surface area contributed by atoms with Crippen LogP contribution in [0.15, 0.2) is 29.3 Å². The predicted molar refractivity (Wildman–Crippen MR) is 129 cm³/mol. The Bertz CT molecular complexity index is 566. The minimum Gasteiger partial charge on any atom is -0.494 e. The summed E-state index contributed by atoms with van der Waals surface area (Å²) >= 11 is 0. The van der Waals surface area contributed by atoms with Crippen molar-refractivity contribution in [3.8, 4) is 5.75 Å². The molecular formula is C22H38IN3O3. The zero-order valence-electron chi connectivity index (χ0n) is 18.0. The van der Waals surface area contributed by atoms with E-state index in [4.69, 9.17) is 14.2 Å². The first-order chi connectivity index (χ1) is 13.8. The molecule has 1 aromatic carbocycles. The van der Waals surface area contributed by atoms with Crippen LogP contribution in [-0.2, 0) is 16.0 Å². The van der Waals surface area contributed by atoms with Crippen molar-refractivity contribution in [3.63, 3.8) is 0 Å². The van der Waals surface area contributed by atoms with Crippen molar-refractivity contribution in [1.29, 1.82) is 0 Å². The van der Waals surface area contributed by atoms with E-state index in [2.05, 4.69) is 41.6 Å². The molecule has 1 aromatic rings. The second kappa shape index (κ2) is 16.7. The standard InChI is InChI=1S/C22H37N3O3.HI/c1-3-5-13-28-21-9-6-8-19(15-21)16-25-22(23-4-2)24-11-7-12-26-17-20-10-14-27-18-20;/h6,8-9,15,20H,3-5,7,10-14,16-18H2,1-2H3,(H2,23,24,25);1H. The lowest BCUT2D eigenvalue weighted by Gasteiger charge is -2.12. The number of ether oxygens (including phenoxy) is 3. The van der Waals surface area contributed by atoms with Gasteiger partial charge in [-0.25, -0.2) is 4.99 Å². The Morgan fingerprint density at radius 1 is 1.21 bits per heavy atom. The Kier molecular flexibility index (Phi) is 15.0. The van der Waals surface area contributed by atoms with Gasteiger partial charge in [-0.3, -0.25) is 0 Å². The van der Waals surface area contributed by atoms with E-state index < -0.39 is 0 Å². The maximum Gasteiger partial charge on any atom is 0.191 e. The molecule has 1 aliphatic rings. The van der Waals surface area contributed by atoms with Crippen molar-refractivity contribution in [3.05, 3.63) is 29.8 Å². The van der Waals surface area contributed by atoms with Gasteiger partial charge in [0.25, 0.3) is 0 Å². The lowest BCUT2D eigenvalue weighted by molar-refractivity contribution is 0.0888. The summed E-state index contributed by atoms with van der Waals surface area (Å²) in [7, 11) is 0. The van der Waals surface area contributed by atoms with Crippen LogP contribution in [0.3, 0.4) is 0 Å². The molecule has 1 fully saturated rings. The lowest BCUT2D eigenvalue weighted by atomic mass is 10.1. The van der Waals surface area contributed by atoms with Crippen molar-refractivity contribution in [2.24, 2.45) is 10.9 Å². The number of aliphatic imine (C=N–C) groups is 1. The second-order valence-corrected chi connectivity index (χ2v) is 7.13. The molecule has 0 amide bonds. The Balaban J connectivity index is 0.00000420. The van der Waals surface area contributed by atoms with Crippen LogP contribution in [0.2, 0.25) is 0 Å². The number of nitrogens with one attached hydrogen (secondary N) is 2. The number of nitrogens with zero attached hydrogens (tertiary/aromatic N) is 1. The Hall–Kier alpha value is -1.06. The fourth-order valence-corrected chi connectivity index (χ4v) is 2.93. The van der Waals surface area contributed by atoms with E-state index in [-0.39, 0.29) is 24.0 Å². The molecule has 1 saturated heterocycles. The summed E-state index contributed by atoms with van der Waals surface area (Å²) in [5.74, 6) is 2.33. The largest absolute Gasteiger partial charge is 0.494 e. The van der Waals surface area contributed by atoms with Gasteiger partial charge in [-0.1, -0.05) is 25.5 Å². The van der Waals surface area contributed by atoms with E-state index >= 15 is 0 Å². The average Bonchev–Trinajstić information content (AvgIpc) is 3.23. The number of halogens is 1. The molecule has 6 nitrogen and oxygen atoms in total. The van der Waals surface area contributed by atoms with Crippen LogP contribution < -0.4 is 15.4 Å². The van der Waals surface area contributed by atoms with Crippen molar-refractivity contribution < 1.29 is 14.2 Å². The number of hydrogen-bond acceptors (Lipinski definition) is 4. The molecule has 29 heavy (non-hydrogen) atoms. The smallest absolute Gasteiger partial charge is 0.191 e. The second-order valence-electron chi connectivity index (χ2n) is 7.13. The maximum absolute atomic E-state index is 5.78. The van der Waals surface area contributed by atoms with Gasteiger partial charge in [-0.15, -0.1) is 24.0 Å². The minimum absolute atomic E-state index is 0. The van der Waals surface area contributed by atoms with Crippen molar-refractivity contribution in [2.45, 2.75) is 46.1 Å². The molecule has 0 spiro atoms. The number of hydrogen-bond donors (Lipinski definition) is 2. The van der Waals surface area contributed by atoms with E-state index in [0.29, 0.717) is 12.5 Å². The molecule has 0 bridgehead atoms. The van der Waals surface area contributed by atoms with Crippen LogP contribution in [-0.4, -0.2) is 52.1 Å². The molecule has 0 radical (unpaired) electrons. The van der Waals surface area contributed by atoms with Gasteiger partial charge in [0.2, 0.25) is 0 Å². The van der Waals surface area contributed by atoms with E-state index in [0.717, 1.165) is 89.1 Å². The zero-order chi connectivity index (χ0) is 19.9. The average molecular weight is 519 g/mol. The first kappa shape index (κ1) is 26.0. The van der Waals surface area contributed by atoms with Crippen LogP contribution in [0.5, 0.6) is 5.75 Å². The van der Waals surface area contributed by atoms with E-state index in [1.807, 2.05) is 12.1 Å². The number of unbranched alkanes of at least 4 members (excludes halogenated alkanes) is 1. The van der Waals surface area contributed by atoms with E-state index in [9.17, 15) is 0 Å². The topological polar surface area (TPSA) is 64.1 Å². The summed E-state index contributed by atoms with van der Waals surface area (Å²) in [6, 6.07) is 8.19. The monoisotopic (exact) mass is 519 g/mol. The molecule has 1 heterocycles. The molecule has 1 unspecified atom stereocenters. The highest BCUT2D eigenvalue weighted by Gasteiger charge is 2.15. The van der Waals surface area contributed by atoms with E-state index in [1.54, 1.807) is 0 Å². The van der Waals surface area contributed by atoms with Gasteiger partial charge < -0.3 is 24.8 Å². The van der Waals surface area contributed by atoms with E-state index in [1.165, 1.54) is 0 Å². The molecule has 7 heteroatoms. The third-order valence-electron chi connectivity index (χ3n) is 4.56. The summed E-state index contributed by atoms with van der Waals surface area (Å²) < 4.78 is 16.9. The highest BCUT2D eigenvalue weighted by molar-refractivity contribution is 14.0. The lowest BCUT2D eigenvalue weighted by Crippen LogP contribution is -2.38. The molecule has 2 N–H and O–H groups in total. The summed E-state index contributed by atoms with van der Waals surface area (Å²) in [6.45, 7) is 10.6. The molecule has 166 valence electrons. The fourth-order valence-electron chi connectivity index (χ4n) is 2.93. The SMILES string of the molecule is CCCCOc1cccc(CN=C(NCC)NCCCOCC2CCOC2)c1.I. The number of rotatable bonds is 13. The van der Waals surface area contributed by atoms with Crippen LogP contribution in [0.1, 0.15) is 45.1 Å². The van der Waals surface area contributed by atoms with Crippen molar-refractivity contribution in [2.75, 3.05) is 46.1 Å². The molecule has 1 aliphatic heterocycles. The number of guanidine groups is 1. The maximum atomic E-state index is 5.78.